The zero-order valence-electron chi connectivity index (χ0n) is 24.0. The maximum Gasteiger partial charge on any atom is 0.410 e. The monoisotopic (exact) mass is 618 g/mol. The SMILES string of the molecule is O=C(OCc1c(F)cccc1F)N1CCC2(CCc3cc(-c4ccc(CS(=O)(=O)Cc5ccccn5)cc4)ccc3O2)CC1. The molecule has 3 aromatic carbocycles. The van der Waals surface area contributed by atoms with E-state index in [-0.39, 0.29) is 22.7 Å². The number of aryl methyl sites for hydroxylation is 1. The fourth-order valence-corrected chi connectivity index (χ4v) is 7.28. The highest BCUT2D eigenvalue weighted by molar-refractivity contribution is 7.89. The van der Waals surface area contributed by atoms with Crippen molar-refractivity contribution in [3.8, 4) is 16.9 Å². The molecule has 10 heteroatoms. The molecule has 0 N–H and O–H groups in total. The number of hydrogen-bond donors (Lipinski definition) is 0. The Morgan fingerprint density at radius 3 is 2.32 bits per heavy atom. The van der Waals surface area contributed by atoms with Crippen LogP contribution in [0, 0.1) is 11.6 Å². The Bertz CT molecular complexity index is 1740. The van der Waals surface area contributed by atoms with Crippen molar-refractivity contribution in [1.29, 1.82) is 0 Å². The smallest absolute Gasteiger partial charge is 0.410 e. The number of pyridine rings is 1. The molecule has 228 valence electrons. The molecule has 0 bridgehead atoms. The third-order valence-electron chi connectivity index (χ3n) is 8.34. The standard InChI is InChI=1S/C34H32F2N2O5S/c35-30-5-3-6-31(36)29(30)21-42-33(39)38-18-15-34(16-19-38)14-13-27-20-26(11-12-32(27)43-34)25-9-7-24(8-10-25)22-44(40,41)23-28-4-1-2-17-37-28/h1-12,17,20H,13-16,18-19,21-23H2. The molecule has 4 aromatic rings. The van der Waals surface area contributed by atoms with Crippen molar-refractivity contribution in [1.82, 2.24) is 9.88 Å². The minimum atomic E-state index is -3.35. The Labute approximate surface area is 255 Å². The lowest BCUT2D eigenvalue weighted by atomic mass is 9.82. The van der Waals surface area contributed by atoms with Gasteiger partial charge in [0.15, 0.2) is 9.84 Å². The van der Waals surface area contributed by atoms with E-state index in [0.29, 0.717) is 31.6 Å². The van der Waals surface area contributed by atoms with Gasteiger partial charge in [-0.3, -0.25) is 4.98 Å². The van der Waals surface area contributed by atoms with Crippen LogP contribution in [-0.2, 0) is 39.1 Å². The van der Waals surface area contributed by atoms with Crippen LogP contribution in [0.5, 0.6) is 5.75 Å². The Hall–Kier alpha value is -4.31. The maximum atomic E-state index is 13.9. The summed E-state index contributed by atoms with van der Waals surface area (Å²) in [5, 5.41) is 0. The van der Waals surface area contributed by atoms with Gasteiger partial charge in [-0.1, -0.05) is 42.5 Å². The molecule has 0 atom stereocenters. The second kappa shape index (κ2) is 12.4. The number of nitrogens with zero attached hydrogens (tertiary/aromatic N) is 2. The van der Waals surface area contributed by atoms with Gasteiger partial charge in [0, 0.05) is 32.1 Å². The molecule has 7 nitrogen and oxygen atoms in total. The van der Waals surface area contributed by atoms with E-state index >= 15 is 0 Å². The summed E-state index contributed by atoms with van der Waals surface area (Å²) in [6, 6.07) is 22.4. The highest BCUT2D eigenvalue weighted by Gasteiger charge is 2.41. The molecule has 0 radical (unpaired) electrons. The van der Waals surface area contributed by atoms with Crippen LogP contribution >= 0.6 is 0 Å². The van der Waals surface area contributed by atoms with Crippen molar-refractivity contribution in [3.05, 3.63) is 119 Å². The van der Waals surface area contributed by atoms with Gasteiger partial charge in [0.05, 0.1) is 22.8 Å². The number of amides is 1. The summed E-state index contributed by atoms with van der Waals surface area (Å²) in [5.74, 6) is -0.812. The highest BCUT2D eigenvalue weighted by Crippen LogP contribution is 2.41. The van der Waals surface area contributed by atoms with E-state index in [9.17, 15) is 22.0 Å². The second-order valence-corrected chi connectivity index (χ2v) is 13.5. The molecule has 44 heavy (non-hydrogen) atoms. The van der Waals surface area contributed by atoms with Crippen LogP contribution in [0.2, 0.25) is 0 Å². The molecule has 1 amide bonds. The van der Waals surface area contributed by atoms with Crippen LogP contribution in [0.4, 0.5) is 13.6 Å². The fraction of sp³-hybridized carbons (Fsp3) is 0.294. The van der Waals surface area contributed by atoms with E-state index in [2.05, 4.69) is 11.1 Å². The van der Waals surface area contributed by atoms with Gasteiger partial charge in [-0.05, 0) is 71.5 Å². The van der Waals surface area contributed by atoms with Gasteiger partial charge in [-0.2, -0.15) is 0 Å². The molecular weight excluding hydrogens is 586 g/mol. The van der Waals surface area contributed by atoms with Crippen molar-refractivity contribution in [2.24, 2.45) is 0 Å². The van der Waals surface area contributed by atoms with Crippen LogP contribution < -0.4 is 4.74 Å². The summed E-state index contributed by atoms with van der Waals surface area (Å²) < 4.78 is 64.8. The second-order valence-electron chi connectivity index (χ2n) is 11.4. The van der Waals surface area contributed by atoms with Crippen molar-refractivity contribution in [3.63, 3.8) is 0 Å². The molecule has 1 aromatic heterocycles. The number of hydrogen-bond acceptors (Lipinski definition) is 6. The number of likely N-dealkylation sites (tertiary alicyclic amines) is 1. The molecule has 1 spiro atoms. The largest absolute Gasteiger partial charge is 0.487 e. The number of sulfone groups is 1. The number of fused-ring (bicyclic) bond motifs is 1. The predicted octanol–water partition coefficient (Wildman–Crippen LogP) is 6.64. The van der Waals surface area contributed by atoms with Crippen molar-refractivity contribution < 1.29 is 31.5 Å². The Kier molecular flexibility index (Phi) is 8.35. The molecule has 3 heterocycles. The third kappa shape index (κ3) is 6.75. The normalized spacial score (nSPS) is 15.8. The molecular formula is C34H32F2N2O5S. The average Bonchev–Trinajstić information content (AvgIpc) is 3.01. The van der Waals surface area contributed by atoms with Gasteiger partial charge >= 0.3 is 6.09 Å². The first-order chi connectivity index (χ1) is 21.2. The van der Waals surface area contributed by atoms with Gasteiger partial charge in [0.2, 0.25) is 0 Å². The molecule has 0 saturated carbocycles. The topological polar surface area (TPSA) is 85.8 Å². The number of aromatic nitrogens is 1. The van der Waals surface area contributed by atoms with Crippen molar-refractivity contribution in [2.75, 3.05) is 13.1 Å². The first kappa shape index (κ1) is 29.7. The fourth-order valence-electron chi connectivity index (χ4n) is 5.85. The number of carbonyl (C=O) groups excluding carboxylic acids is 1. The Morgan fingerprint density at radius 2 is 1.61 bits per heavy atom. The zero-order valence-corrected chi connectivity index (χ0v) is 24.9. The Balaban J connectivity index is 1.04. The van der Waals surface area contributed by atoms with E-state index in [1.807, 2.05) is 36.4 Å². The van der Waals surface area contributed by atoms with Gasteiger partial charge in [-0.15, -0.1) is 0 Å². The first-order valence-corrected chi connectivity index (χ1v) is 16.4. The lowest BCUT2D eigenvalue weighted by Crippen LogP contribution is -2.51. The molecule has 1 fully saturated rings. The summed E-state index contributed by atoms with van der Waals surface area (Å²) in [5.41, 5.74) is 3.72. The van der Waals surface area contributed by atoms with E-state index in [1.165, 1.54) is 6.07 Å². The van der Waals surface area contributed by atoms with Crippen LogP contribution in [0.25, 0.3) is 11.1 Å². The lowest BCUT2D eigenvalue weighted by Gasteiger charge is -2.44. The van der Waals surface area contributed by atoms with Gasteiger partial charge in [0.25, 0.3) is 0 Å². The number of halogens is 2. The summed E-state index contributed by atoms with van der Waals surface area (Å²) >= 11 is 0. The maximum absolute atomic E-state index is 13.9. The summed E-state index contributed by atoms with van der Waals surface area (Å²) in [6.07, 6.45) is 3.88. The minimum Gasteiger partial charge on any atom is -0.487 e. The minimum absolute atomic E-state index is 0.0523. The lowest BCUT2D eigenvalue weighted by molar-refractivity contribution is -0.0152. The average molecular weight is 619 g/mol. The third-order valence-corrected chi connectivity index (χ3v) is 9.85. The molecule has 0 aliphatic carbocycles. The molecule has 0 unspecified atom stereocenters. The molecule has 1 saturated heterocycles. The summed E-state index contributed by atoms with van der Waals surface area (Å²) in [7, 11) is -3.35. The first-order valence-electron chi connectivity index (χ1n) is 14.5. The Morgan fingerprint density at radius 1 is 0.886 bits per heavy atom. The summed E-state index contributed by atoms with van der Waals surface area (Å²) in [6.45, 7) is 0.394. The van der Waals surface area contributed by atoms with Crippen LogP contribution in [0.1, 0.15) is 41.6 Å². The number of piperidine rings is 1. The molecule has 2 aliphatic rings. The number of carbonyl (C=O) groups is 1. The number of ether oxygens (including phenoxy) is 2. The van der Waals surface area contributed by atoms with E-state index in [1.54, 1.807) is 29.3 Å². The van der Waals surface area contributed by atoms with Crippen molar-refractivity contribution >= 4 is 15.9 Å². The highest BCUT2D eigenvalue weighted by atomic mass is 32.2. The van der Waals surface area contributed by atoms with Crippen LogP contribution in [-0.4, -0.2) is 43.1 Å². The summed E-state index contributed by atoms with van der Waals surface area (Å²) in [4.78, 5) is 18.3. The van der Waals surface area contributed by atoms with Gasteiger partial charge < -0.3 is 14.4 Å². The number of benzene rings is 3. The van der Waals surface area contributed by atoms with E-state index in [0.717, 1.165) is 53.0 Å². The van der Waals surface area contributed by atoms with Crippen molar-refractivity contribution in [2.45, 2.75) is 49.4 Å². The van der Waals surface area contributed by atoms with E-state index < -0.39 is 34.2 Å². The van der Waals surface area contributed by atoms with Crippen LogP contribution in [0.15, 0.2) is 85.1 Å². The molecule has 6 rings (SSSR count). The predicted molar refractivity (Wildman–Crippen MR) is 161 cm³/mol. The van der Waals surface area contributed by atoms with Gasteiger partial charge in [-0.25, -0.2) is 22.0 Å². The van der Waals surface area contributed by atoms with Gasteiger partial charge in [0.1, 0.15) is 29.6 Å². The number of rotatable bonds is 7. The molecule has 2 aliphatic heterocycles. The van der Waals surface area contributed by atoms with Crippen LogP contribution in [0.3, 0.4) is 0 Å². The quantitative estimate of drug-likeness (QED) is 0.231. The van der Waals surface area contributed by atoms with E-state index in [4.69, 9.17) is 9.47 Å². The zero-order chi connectivity index (χ0) is 30.7.